The van der Waals surface area contributed by atoms with E-state index in [2.05, 4.69) is 20.6 Å². The van der Waals surface area contributed by atoms with E-state index in [1.165, 1.54) is 13.3 Å². The summed E-state index contributed by atoms with van der Waals surface area (Å²) in [4.78, 5) is 44.6. The van der Waals surface area contributed by atoms with Gasteiger partial charge >= 0.3 is 5.97 Å². The van der Waals surface area contributed by atoms with Crippen LogP contribution in [0.25, 0.3) is 0 Å². The minimum absolute atomic E-state index is 0.260. The van der Waals surface area contributed by atoms with E-state index >= 15 is 0 Å². The summed E-state index contributed by atoms with van der Waals surface area (Å²) >= 11 is 0. The monoisotopic (exact) mass is 450 g/mol. The fraction of sp³-hybridized carbons (Fsp3) is 0.250. The summed E-state index contributed by atoms with van der Waals surface area (Å²) in [7, 11) is 1.46. The normalized spacial score (nSPS) is 10.6. The number of ether oxygens (including phenoxy) is 2. The van der Waals surface area contributed by atoms with Crippen molar-refractivity contribution in [3.63, 3.8) is 0 Å². The number of benzene rings is 1. The number of aryl methyl sites for hydroxylation is 1. The van der Waals surface area contributed by atoms with Gasteiger partial charge in [0.15, 0.2) is 0 Å². The van der Waals surface area contributed by atoms with Gasteiger partial charge in [0.05, 0.1) is 30.0 Å². The number of hydrogen-bond donors (Lipinski definition) is 3. The lowest BCUT2D eigenvalue weighted by atomic mass is 10.1. The quantitative estimate of drug-likeness (QED) is 0.466. The molecule has 33 heavy (non-hydrogen) atoms. The molecule has 9 nitrogen and oxygen atoms in total. The molecule has 3 aromatic rings. The highest BCUT2D eigenvalue weighted by Crippen LogP contribution is 2.29. The molecule has 0 unspecified atom stereocenters. The van der Waals surface area contributed by atoms with Gasteiger partial charge in [-0.15, -0.1) is 0 Å². The van der Waals surface area contributed by atoms with Gasteiger partial charge in [0, 0.05) is 29.8 Å². The number of hydrogen-bond acceptors (Lipinski definition) is 6. The van der Waals surface area contributed by atoms with Crippen molar-refractivity contribution >= 4 is 29.2 Å². The van der Waals surface area contributed by atoms with E-state index in [0.29, 0.717) is 39.5 Å². The van der Waals surface area contributed by atoms with Crippen molar-refractivity contribution in [1.82, 2.24) is 9.97 Å². The van der Waals surface area contributed by atoms with Crippen LogP contribution in [-0.2, 0) is 4.74 Å². The van der Waals surface area contributed by atoms with Crippen molar-refractivity contribution in [1.29, 1.82) is 0 Å². The molecule has 9 heteroatoms. The number of nitrogens with one attached hydrogen (secondary N) is 3. The Balaban J connectivity index is 1.78. The maximum Gasteiger partial charge on any atom is 0.340 e. The SMILES string of the molecule is COc1cc(NC(=O)c2[nH]c(C)c(C(=O)OC(C)C)c2C)ccc1NC(=O)c1cccnc1. The maximum absolute atomic E-state index is 12.9. The Morgan fingerprint density at radius 3 is 2.45 bits per heavy atom. The Labute approximate surface area is 191 Å². The van der Waals surface area contributed by atoms with E-state index in [4.69, 9.17) is 9.47 Å². The second-order valence-electron chi connectivity index (χ2n) is 7.64. The van der Waals surface area contributed by atoms with Crippen LogP contribution in [0, 0.1) is 13.8 Å². The Morgan fingerprint density at radius 2 is 1.82 bits per heavy atom. The molecule has 3 rings (SSSR count). The van der Waals surface area contributed by atoms with Crippen molar-refractivity contribution < 1.29 is 23.9 Å². The van der Waals surface area contributed by atoms with Gasteiger partial charge in [-0.25, -0.2) is 4.79 Å². The number of esters is 1. The summed E-state index contributed by atoms with van der Waals surface area (Å²) in [6, 6.07) is 8.17. The zero-order valence-corrected chi connectivity index (χ0v) is 19.1. The molecule has 0 aliphatic carbocycles. The van der Waals surface area contributed by atoms with Crippen LogP contribution in [0.1, 0.15) is 56.3 Å². The highest BCUT2D eigenvalue weighted by Gasteiger charge is 2.24. The summed E-state index contributed by atoms with van der Waals surface area (Å²) in [5, 5.41) is 5.54. The van der Waals surface area contributed by atoms with E-state index in [0.717, 1.165) is 0 Å². The summed E-state index contributed by atoms with van der Waals surface area (Å²) in [6.07, 6.45) is 2.77. The number of carbonyl (C=O) groups excluding carboxylic acids is 3. The molecule has 0 spiro atoms. The summed E-state index contributed by atoms with van der Waals surface area (Å²) in [5.74, 6) is -0.874. The third kappa shape index (κ3) is 5.38. The molecule has 0 bridgehead atoms. The Morgan fingerprint density at radius 1 is 1.06 bits per heavy atom. The fourth-order valence-corrected chi connectivity index (χ4v) is 3.31. The van der Waals surface area contributed by atoms with Crippen LogP contribution in [0.4, 0.5) is 11.4 Å². The molecule has 0 saturated heterocycles. The van der Waals surface area contributed by atoms with Crippen LogP contribution in [-0.4, -0.2) is 41.0 Å². The highest BCUT2D eigenvalue weighted by atomic mass is 16.5. The molecular formula is C24H26N4O5. The summed E-state index contributed by atoms with van der Waals surface area (Å²) in [5.41, 5.74) is 2.96. The number of nitrogens with zero attached hydrogens (tertiary/aromatic N) is 1. The van der Waals surface area contributed by atoms with Crippen LogP contribution in [0.15, 0.2) is 42.7 Å². The Bertz CT molecular complexity index is 1190. The third-order valence-electron chi connectivity index (χ3n) is 4.84. The smallest absolute Gasteiger partial charge is 0.340 e. The number of aromatic amines is 1. The first-order valence-electron chi connectivity index (χ1n) is 10.3. The van der Waals surface area contributed by atoms with Crippen LogP contribution in [0.3, 0.4) is 0 Å². The van der Waals surface area contributed by atoms with Crippen LogP contribution in [0.5, 0.6) is 5.75 Å². The van der Waals surface area contributed by atoms with Crippen molar-refractivity contribution in [2.45, 2.75) is 33.8 Å². The molecule has 0 saturated carbocycles. The largest absolute Gasteiger partial charge is 0.494 e. The maximum atomic E-state index is 12.9. The fourth-order valence-electron chi connectivity index (χ4n) is 3.31. The minimum Gasteiger partial charge on any atom is -0.494 e. The number of anilines is 2. The molecule has 0 fully saturated rings. The number of amides is 2. The molecule has 1 aromatic carbocycles. The minimum atomic E-state index is -0.481. The molecule has 2 amide bonds. The van der Waals surface area contributed by atoms with Crippen LogP contribution >= 0.6 is 0 Å². The molecule has 2 heterocycles. The molecule has 2 aromatic heterocycles. The lowest BCUT2D eigenvalue weighted by molar-refractivity contribution is 0.0376. The summed E-state index contributed by atoms with van der Waals surface area (Å²) in [6.45, 7) is 6.93. The van der Waals surface area contributed by atoms with E-state index in [1.54, 1.807) is 64.2 Å². The van der Waals surface area contributed by atoms with E-state index in [-0.39, 0.29) is 17.7 Å². The summed E-state index contributed by atoms with van der Waals surface area (Å²) < 4.78 is 10.6. The van der Waals surface area contributed by atoms with Crippen molar-refractivity contribution in [3.05, 3.63) is 70.8 Å². The zero-order valence-electron chi connectivity index (χ0n) is 19.1. The predicted molar refractivity (Wildman–Crippen MR) is 124 cm³/mol. The van der Waals surface area contributed by atoms with Gasteiger partial charge in [-0.3, -0.25) is 14.6 Å². The first-order chi connectivity index (χ1) is 15.7. The Kier molecular flexibility index (Phi) is 7.12. The van der Waals surface area contributed by atoms with Gasteiger partial charge in [-0.05, 0) is 57.5 Å². The Hall–Kier alpha value is -4.14. The molecule has 0 atom stereocenters. The molecular weight excluding hydrogens is 424 g/mol. The third-order valence-corrected chi connectivity index (χ3v) is 4.84. The van der Waals surface area contributed by atoms with Crippen molar-refractivity contribution in [3.8, 4) is 5.75 Å². The van der Waals surface area contributed by atoms with E-state index in [1.807, 2.05) is 0 Å². The first kappa shape index (κ1) is 23.5. The predicted octanol–water partition coefficient (Wildman–Crippen LogP) is 4.10. The molecule has 0 radical (unpaired) electrons. The molecule has 3 N–H and O–H groups in total. The number of rotatable bonds is 7. The van der Waals surface area contributed by atoms with Crippen LogP contribution < -0.4 is 15.4 Å². The lowest BCUT2D eigenvalue weighted by Crippen LogP contribution is -2.16. The topological polar surface area (TPSA) is 122 Å². The van der Waals surface area contributed by atoms with Gasteiger partial charge in [0.2, 0.25) is 0 Å². The van der Waals surface area contributed by atoms with Gasteiger partial charge in [0.25, 0.3) is 11.8 Å². The number of aromatic nitrogens is 2. The molecule has 172 valence electrons. The van der Waals surface area contributed by atoms with Crippen LogP contribution in [0.2, 0.25) is 0 Å². The molecule has 0 aliphatic heterocycles. The van der Waals surface area contributed by atoms with Gasteiger partial charge < -0.3 is 25.1 Å². The van der Waals surface area contributed by atoms with Gasteiger partial charge in [-0.1, -0.05) is 0 Å². The average molecular weight is 450 g/mol. The number of H-pyrrole nitrogens is 1. The van der Waals surface area contributed by atoms with E-state index in [9.17, 15) is 14.4 Å². The van der Waals surface area contributed by atoms with Gasteiger partial charge in [0.1, 0.15) is 11.4 Å². The second-order valence-corrected chi connectivity index (χ2v) is 7.64. The van der Waals surface area contributed by atoms with E-state index < -0.39 is 11.9 Å². The first-order valence-corrected chi connectivity index (χ1v) is 10.3. The number of carbonyl (C=O) groups is 3. The second kappa shape index (κ2) is 9.99. The average Bonchev–Trinajstić information content (AvgIpc) is 3.08. The van der Waals surface area contributed by atoms with Crippen molar-refractivity contribution in [2.75, 3.05) is 17.7 Å². The number of methoxy groups -OCH3 is 1. The lowest BCUT2D eigenvalue weighted by Gasteiger charge is -2.13. The van der Waals surface area contributed by atoms with Gasteiger partial charge in [-0.2, -0.15) is 0 Å². The molecule has 0 aliphatic rings. The standard InChI is InChI=1S/C24H26N4O5/c1-13(2)33-24(31)20-14(3)21(26-15(20)4)23(30)27-17-8-9-18(19(11-17)32-5)28-22(29)16-7-6-10-25-12-16/h6-13,26H,1-5H3,(H,27,30)(H,28,29). The van der Waals surface area contributed by atoms with Crippen molar-refractivity contribution in [2.24, 2.45) is 0 Å². The number of pyridine rings is 1. The zero-order chi connectivity index (χ0) is 24.1. The highest BCUT2D eigenvalue weighted by molar-refractivity contribution is 6.08.